The van der Waals surface area contributed by atoms with Gasteiger partial charge in [0, 0.05) is 29.3 Å². The molecular weight excluding hydrogens is 442 g/mol. The van der Waals surface area contributed by atoms with Crippen LogP contribution >= 0.6 is 0 Å². The fourth-order valence-electron chi connectivity index (χ4n) is 5.13. The van der Waals surface area contributed by atoms with E-state index in [9.17, 15) is 19.0 Å². The molecule has 0 radical (unpaired) electrons. The lowest BCUT2D eigenvalue weighted by Gasteiger charge is -2.27. The fourth-order valence-corrected chi connectivity index (χ4v) is 5.13. The molecule has 3 aliphatic rings. The minimum Gasteiger partial charge on any atom is -0.388 e. The van der Waals surface area contributed by atoms with Crippen molar-refractivity contribution in [2.75, 3.05) is 11.9 Å². The molecule has 1 aromatic carbocycles. The number of aliphatic hydroxyl groups is 2. The van der Waals surface area contributed by atoms with E-state index in [4.69, 9.17) is 4.74 Å². The summed E-state index contributed by atoms with van der Waals surface area (Å²) in [7, 11) is 0. The number of ether oxygens (including phenoxy) is 1. The second-order valence-electron chi connectivity index (χ2n) is 9.89. The number of fused-ring (bicyclic) bond motifs is 5. The third-order valence-corrected chi connectivity index (χ3v) is 6.97. The Morgan fingerprint density at radius 3 is 2.62 bits per heavy atom. The Bertz CT molecular complexity index is 1240. The topological polar surface area (TPSA) is 100 Å². The molecule has 7 nitrogen and oxygen atoms in total. The second kappa shape index (κ2) is 8.48. The molecule has 2 aromatic heterocycles. The molecule has 3 fully saturated rings. The van der Waals surface area contributed by atoms with Gasteiger partial charge in [0.15, 0.2) is 5.82 Å². The van der Waals surface area contributed by atoms with E-state index in [1.54, 1.807) is 26.8 Å². The number of nitrogens with one attached hydrogen (secondary N) is 1. The van der Waals surface area contributed by atoms with Crippen LogP contribution in [0, 0.1) is 24.5 Å². The molecule has 1 saturated carbocycles. The van der Waals surface area contributed by atoms with Crippen molar-refractivity contribution >= 4 is 16.9 Å². The predicted molar refractivity (Wildman–Crippen MR) is 123 cm³/mol. The first-order chi connectivity index (χ1) is 16.1. The van der Waals surface area contributed by atoms with Gasteiger partial charge in [0.2, 0.25) is 5.95 Å². The average molecular weight is 471 g/mol. The van der Waals surface area contributed by atoms with E-state index in [-0.39, 0.29) is 34.9 Å². The Morgan fingerprint density at radius 2 is 1.91 bits per heavy atom. The van der Waals surface area contributed by atoms with Gasteiger partial charge in [0.05, 0.1) is 23.9 Å². The van der Waals surface area contributed by atoms with E-state index in [0.717, 1.165) is 19.0 Å². The fraction of sp³-hybridized carbons (Fsp3) is 0.480. The molecule has 9 heteroatoms. The minimum atomic E-state index is -1.17. The number of pyridine rings is 1. The summed E-state index contributed by atoms with van der Waals surface area (Å²) in [6.07, 6.45) is 4.02. The van der Waals surface area contributed by atoms with Crippen LogP contribution in [0.25, 0.3) is 22.2 Å². The van der Waals surface area contributed by atoms with Gasteiger partial charge in [-0.25, -0.2) is 18.7 Å². The smallest absolute Gasteiger partial charge is 0.223 e. The van der Waals surface area contributed by atoms with Gasteiger partial charge in [-0.05, 0) is 63.6 Å². The highest BCUT2D eigenvalue weighted by atomic mass is 19.1. The van der Waals surface area contributed by atoms with Gasteiger partial charge < -0.3 is 20.3 Å². The van der Waals surface area contributed by atoms with Crippen LogP contribution < -0.4 is 5.32 Å². The maximum atomic E-state index is 15.0. The van der Waals surface area contributed by atoms with E-state index in [2.05, 4.69) is 20.3 Å². The molecule has 4 atom stereocenters. The maximum Gasteiger partial charge on any atom is 0.223 e. The molecule has 3 aromatic rings. The Morgan fingerprint density at radius 1 is 1.12 bits per heavy atom. The van der Waals surface area contributed by atoms with Crippen LogP contribution in [-0.4, -0.2) is 50.0 Å². The van der Waals surface area contributed by atoms with Crippen molar-refractivity contribution in [3.05, 3.63) is 47.3 Å². The Hall–Kier alpha value is -2.75. The van der Waals surface area contributed by atoms with E-state index >= 15 is 0 Å². The zero-order chi connectivity index (χ0) is 24.2. The standard InChI is InChI=1S/C25H28F2N4O3/c1-12-15-7-14(8-17(26)22(15)28-9-16(12)25(2,3)33)21-18(27)10-29-24(31-21)30-19-6-13-4-5-20(23(19)32)34-11-13/h7-10,13,19-20,23,32-33H,4-6,11H2,1-3H3,(H,29,30,31)/t13-,19+,20+,23-/m0/s1. The molecule has 4 heterocycles. The average Bonchev–Trinajstić information content (AvgIpc) is 3.02. The molecule has 34 heavy (non-hydrogen) atoms. The lowest BCUT2D eigenvalue weighted by molar-refractivity contribution is -0.0598. The molecule has 0 unspecified atom stereocenters. The highest BCUT2D eigenvalue weighted by Gasteiger charge is 2.39. The van der Waals surface area contributed by atoms with Gasteiger partial charge in [-0.2, -0.15) is 0 Å². The highest BCUT2D eigenvalue weighted by molar-refractivity contribution is 5.88. The van der Waals surface area contributed by atoms with E-state index in [0.29, 0.717) is 35.5 Å². The molecule has 0 spiro atoms. The summed E-state index contributed by atoms with van der Waals surface area (Å²) in [6, 6.07) is 2.50. The molecular formula is C25H28F2N4O3. The van der Waals surface area contributed by atoms with E-state index < -0.39 is 23.3 Å². The molecule has 2 bridgehead atoms. The van der Waals surface area contributed by atoms with Crippen molar-refractivity contribution in [1.29, 1.82) is 0 Å². The lowest BCUT2D eigenvalue weighted by atomic mass is 9.92. The molecule has 1 aliphatic carbocycles. The lowest BCUT2D eigenvalue weighted by Crippen LogP contribution is -2.41. The number of hydrogen-bond donors (Lipinski definition) is 3. The Kier molecular flexibility index (Phi) is 5.74. The Labute approximate surface area is 196 Å². The van der Waals surface area contributed by atoms with Crippen molar-refractivity contribution < 1.29 is 23.7 Å². The van der Waals surface area contributed by atoms with Gasteiger partial charge in [0.25, 0.3) is 0 Å². The van der Waals surface area contributed by atoms with Crippen LogP contribution in [-0.2, 0) is 10.3 Å². The van der Waals surface area contributed by atoms with Gasteiger partial charge in [-0.3, -0.25) is 4.98 Å². The monoisotopic (exact) mass is 470 g/mol. The van der Waals surface area contributed by atoms with Crippen molar-refractivity contribution in [3.8, 4) is 11.3 Å². The SMILES string of the molecule is Cc1c(C(C)(C)O)cnc2c(F)cc(-c3nc(N[C@@H]4C[C@@H]5CC[C@@H](OC5)[C@H]4O)ncc3F)cc12. The number of nitrogens with zero attached hydrogens (tertiary/aromatic N) is 3. The molecule has 180 valence electrons. The number of benzene rings is 1. The van der Waals surface area contributed by atoms with Crippen LogP contribution in [0.5, 0.6) is 0 Å². The number of hydrogen-bond acceptors (Lipinski definition) is 7. The molecule has 6 rings (SSSR count). The third kappa shape index (κ3) is 4.12. The van der Waals surface area contributed by atoms with Gasteiger partial charge in [-0.1, -0.05) is 0 Å². The second-order valence-corrected chi connectivity index (χ2v) is 9.89. The number of aryl methyl sites for hydroxylation is 1. The van der Waals surface area contributed by atoms with Crippen LogP contribution in [0.1, 0.15) is 44.2 Å². The minimum absolute atomic E-state index is 0.0614. The Balaban J connectivity index is 1.53. The summed E-state index contributed by atoms with van der Waals surface area (Å²) < 4.78 is 35.5. The number of anilines is 1. The first kappa shape index (κ1) is 23.0. The molecule has 0 amide bonds. The molecule has 2 saturated heterocycles. The summed E-state index contributed by atoms with van der Waals surface area (Å²) >= 11 is 0. The third-order valence-electron chi connectivity index (χ3n) is 6.97. The van der Waals surface area contributed by atoms with Crippen LogP contribution in [0.2, 0.25) is 0 Å². The first-order valence-corrected chi connectivity index (χ1v) is 11.5. The summed E-state index contributed by atoms with van der Waals surface area (Å²) in [5.41, 5.74) is 0.352. The van der Waals surface area contributed by atoms with Gasteiger partial charge in [0.1, 0.15) is 23.1 Å². The van der Waals surface area contributed by atoms with Crippen molar-refractivity contribution in [2.24, 2.45) is 5.92 Å². The van der Waals surface area contributed by atoms with E-state index in [1.165, 1.54) is 12.3 Å². The summed E-state index contributed by atoms with van der Waals surface area (Å²) in [6.45, 7) is 5.65. The number of halogens is 2. The number of aliphatic hydroxyl groups excluding tert-OH is 1. The molecule has 2 aliphatic heterocycles. The molecule has 3 N–H and O–H groups in total. The van der Waals surface area contributed by atoms with Crippen LogP contribution in [0.15, 0.2) is 24.5 Å². The largest absolute Gasteiger partial charge is 0.388 e. The predicted octanol–water partition coefficient (Wildman–Crippen LogP) is 3.85. The number of rotatable bonds is 4. The zero-order valence-electron chi connectivity index (χ0n) is 19.3. The number of aromatic nitrogens is 3. The maximum absolute atomic E-state index is 15.0. The van der Waals surface area contributed by atoms with Crippen molar-refractivity contribution in [2.45, 2.75) is 63.9 Å². The van der Waals surface area contributed by atoms with Crippen LogP contribution in [0.3, 0.4) is 0 Å². The van der Waals surface area contributed by atoms with E-state index in [1.807, 2.05) is 0 Å². The normalized spacial score (nSPS) is 24.9. The zero-order valence-corrected chi connectivity index (χ0v) is 19.3. The summed E-state index contributed by atoms with van der Waals surface area (Å²) in [4.78, 5) is 12.6. The van der Waals surface area contributed by atoms with Crippen molar-refractivity contribution in [1.82, 2.24) is 15.0 Å². The van der Waals surface area contributed by atoms with Gasteiger partial charge in [-0.15, -0.1) is 0 Å². The van der Waals surface area contributed by atoms with Gasteiger partial charge >= 0.3 is 0 Å². The van der Waals surface area contributed by atoms with Crippen molar-refractivity contribution in [3.63, 3.8) is 0 Å². The quantitative estimate of drug-likeness (QED) is 0.533. The summed E-state index contributed by atoms with van der Waals surface area (Å²) in [5.74, 6) is -0.820. The summed E-state index contributed by atoms with van der Waals surface area (Å²) in [5, 5.41) is 24.8. The van der Waals surface area contributed by atoms with Crippen LogP contribution in [0.4, 0.5) is 14.7 Å². The highest BCUT2D eigenvalue weighted by Crippen LogP contribution is 2.35. The first-order valence-electron chi connectivity index (χ1n) is 11.5.